The summed E-state index contributed by atoms with van der Waals surface area (Å²) in [6, 6.07) is 25.3. The fourth-order valence-corrected chi connectivity index (χ4v) is 2.40. The Kier molecular flexibility index (Phi) is 5.43. The van der Waals surface area contributed by atoms with E-state index >= 15 is 0 Å². The van der Waals surface area contributed by atoms with Gasteiger partial charge in [0.05, 0.1) is 0 Å². The molecule has 25 heavy (non-hydrogen) atoms. The van der Waals surface area contributed by atoms with Gasteiger partial charge < -0.3 is 4.74 Å². The number of ether oxygens (including phenoxy) is 1. The maximum atomic E-state index is 12.1. The van der Waals surface area contributed by atoms with E-state index in [1.807, 2.05) is 60.7 Å². The molecule has 0 saturated heterocycles. The van der Waals surface area contributed by atoms with Gasteiger partial charge in [-0.25, -0.2) is 0 Å². The number of carbonyl (C=O) groups is 1. The molecule has 0 N–H and O–H groups in total. The second-order valence-corrected chi connectivity index (χ2v) is 5.91. The Bertz CT molecular complexity index is 845. The van der Waals surface area contributed by atoms with Crippen LogP contribution < -0.4 is 4.74 Å². The number of rotatable bonds is 6. The second-order valence-electron chi connectivity index (χ2n) is 5.91. The minimum Gasteiger partial charge on any atom is -0.489 e. The average Bonchev–Trinajstić information content (AvgIpc) is 2.67. The van der Waals surface area contributed by atoms with E-state index in [0.29, 0.717) is 12.2 Å². The van der Waals surface area contributed by atoms with Crippen LogP contribution in [0.2, 0.25) is 0 Å². The molecule has 0 unspecified atom stereocenters. The normalized spacial score (nSPS) is 10.8. The SMILES string of the molecule is Cc1ccc(COc2ccc(/C=C/C(=O)c3ccccc3)cc2)cc1. The van der Waals surface area contributed by atoms with Gasteiger partial charge in [-0.05, 0) is 36.3 Å². The summed E-state index contributed by atoms with van der Waals surface area (Å²) >= 11 is 0. The molecule has 124 valence electrons. The summed E-state index contributed by atoms with van der Waals surface area (Å²) in [6.07, 6.45) is 3.41. The minimum atomic E-state index is 0.000276. The highest BCUT2D eigenvalue weighted by atomic mass is 16.5. The van der Waals surface area contributed by atoms with Crippen molar-refractivity contribution in [3.8, 4) is 5.75 Å². The lowest BCUT2D eigenvalue weighted by atomic mass is 10.1. The van der Waals surface area contributed by atoms with Crippen molar-refractivity contribution >= 4 is 11.9 Å². The molecular formula is C23H20O2. The van der Waals surface area contributed by atoms with Gasteiger partial charge in [0.25, 0.3) is 0 Å². The third kappa shape index (κ3) is 4.92. The van der Waals surface area contributed by atoms with Crippen molar-refractivity contribution in [2.45, 2.75) is 13.5 Å². The van der Waals surface area contributed by atoms with E-state index in [2.05, 4.69) is 31.2 Å². The highest BCUT2D eigenvalue weighted by Crippen LogP contribution is 2.16. The van der Waals surface area contributed by atoms with Crippen molar-refractivity contribution in [2.75, 3.05) is 0 Å². The summed E-state index contributed by atoms with van der Waals surface area (Å²) in [5.74, 6) is 0.812. The van der Waals surface area contributed by atoms with E-state index in [-0.39, 0.29) is 5.78 Å². The zero-order valence-corrected chi connectivity index (χ0v) is 14.2. The molecule has 3 aromatic rings. The van der Waals surface area contributed by atoms with E-state index in [1.54, 1.807) is 6.08 Å². The standard InChI is InChI=1S/C23H20O2/c1-18-7-9-20(10-8-18)17-25-22-14-11-19(12-15-22)13-16-23(24)21-5-3-2-4-6-21/h2-16H,17H2,1H3/b16-13+. The van der Waals surface area contributed by atoms with E-state index in [9.17, 15) is 4.79 Å². The van der Waals surface area contributed by atoms with Gasteiger partial charge in [-0.2, -0.15) is 0 Å². The van der Waals surface area contributed by atoms with Crippen LogP contribution in [0, 0.1) is 6.92 Å². The topological polar surface area (TPSA) is 26.3 Å². The fourth-order valence-electron chi connectivity index (χ4n) is 2.40. The highest BCUT2D eigenvalue weighted by molar-refractivity contribution is 6.06. The Morgan fingerprint density at radius 3 is 2.24 bits per heavy atom. The molecule has 3 rings (SSSR count). The van der Waals surface area contributed by atoms with Crippen molar-refractivity contribution in [1.29, 1.82) is 0 Å². The molecule has 3 aromatic carbocycles. The first kappa shape index (κ1) is 16.7. The van der Waals surface area contributed by atoms with Crippen LogP contribution in [-0.2, 0) is 6.61 Å². The molecule has 0 radical (unpaired) electrons. The van der Waals surface area contributed by atoms with E-state index in [4.69, 9.17) is 4.74 Å². The molecule has 0 fully saturated rings. The quantitative estimate of drug-likeness (QED) is 0.443. The summed E-state index contributed by atoms with van der Waals surface area (Å²) in [7, 11) is 0. The molecule has 0 heterocycles. The molecule has 0 aromatic heterocycles. The highest BCUT2D eigenvalue weighted by Gasteiger charge is 2.00. The van der Waals surface area contributed by atoms with Gasteiger partial charge in [-0.3, -0.25) is 4.79 Å². The van der Waals surface area contributed by atoms with E-state index in [1.165, 1.54) is 5.56 Å². The summed E-state index contributed by atoms with van der Waals surface area (Å²) < 4.78 is 5.79. The molecule has 0 aliphatic rings. The van der Waals surface area contributed by atoms with Gasteiger partial charge in [0, 0.05) is 5.56 Å². The largest absolute Gasteiger partial charge is 0.489 e. The predicted molar refractivity (Wildman–Crippen MR) is 102 cm³/mol. The number of hydrogen-bond donors (Lipinski definition) is 0. The molecule has 0 aliphatic carbocycles. The summed E-state index contributed by atoms with van der Waals surface area (Å²) in [4.78, 5) is 12.1. The summed E-state index contributed by atoms with van der Waals surface area (Å²) in [6.45, 7) is 2.61. The van der Waals surface area contributed by atoms with Gasteiger partial charge in [0.2, 0.25) is 0 Å². The molecule has 0 spiro atoms. The molecule has 2 nitrogen and oxygen atoms in total. The van der Waals surface area contributed by atoms with Gasteiger partial charge >= 0.3 is 0 Å². The first-order valence-electron chi connectivity index (χ1n) is 8.26. The van der Waals surface area contributed by atoms with Gasteiger partial charge in [0.15, 0.2) is 5.78 Å². The fraction of sp³-hybridized carbons (Fsp3) is 0.0870. The lowest BCUT2D eigenvalue weighted by Crippen LogP contribution is -1.95. The number of ketones is 1. The first-order chi connectivity index (χ1) is 12.2. The van der Waals surface area contributed by atoms with Crippen LogP contribution in [0.15, 0.2) is 84.9 Å². The van der Waals surface area contributed by atoms with Gasteiger partial charge in [-0.15, -0.1) is 0 Å². The molecule has 0 amide bonds. The Morgan fingerprint density at radius 2 is 1.56 bits per heavy atom. The second kappa shape index (κ2) is 8.11. The van der Waals surface area contributed by atoms with Crippen molar-refractivity contribution in [2.24, 2.45) is 0 Å². The minimum absolute atomic E-state index is 0.000276. The Labute approximate surface area is 148 Å². The van der Waals surface area contributed by atoms with Crippen LogP contribution in [0.25, 0.3) is 6.08 Å². The Balaban J connectivity index is 1.57. The van der Waals surface area contributed by atoms with Crippen LogP contribution in [-0.4, -0.2) is 5.78 Å². The van der Waals surface area contributed by atoms with Crippen molar-refractivity contribution in [3.63, 3.8) is 0 Å². The molecule has 0 aliphatic heterocycles. The first-order valence-corrected chi connectivity index (χ1v) is 8.26. The lowest BCUT2D eigenvalue weighted by Gasteiger charge is -2.07. The van der Waals surface area contributed by atoms with Crippen molar-refractivity contribution in [3.05, 3.63) is 107 Å². The number of hydrogen-bond acceptors (Lipinski definition) is 2. The zero-order valence-electron chi connectivity index (χ0n) is 14.2. The number of aryl methyl sites for hydroxylation is 1. The molecule has 0 saturated carbocycles. The van der Waals surface area contributed by atoms with Crippen LogP contribution >= 0.6 is 0 Å². The van der Waals surface area contributed by atoms with E-state index in [0.717, 1.165) is 16.9 Å². The lowest BCUT2D eigenvalue weighted by molar-refractivity contribution is 0.104. The summed E-state index contributed by atoms with van der Waals surface area (Å²) in [5.41, 5.74) is 4.04. The number of allylic oxidation sites excluding steroid dienone is 1. The van der Waals surface area contributed by atoms with Crippen LogP contribution in [0.1, 0.15) is 27.0 Å². The van der Waals surface area contributed by atoms with E-state index < -0.39 is 0 Å². The molecule has 0 bridgehead atoms. The Morgan fingerprint density at radius 1 is 0.880 bits per heavy atom. The van der Waals surface area contributed by atoms with Crippen molar-refractivity contribution < 1.29 is 9.53 Å². The molecule has 0 atom stereocenters. The Hall–Kier alpha value is -3.13. The predicted octanol–water partition coefficient (Wildman–Crippen LogP) is 5.47. The van der Waals surface area contributed by atoms with Crippen LogP contribution in [0.4, 0.5) is 0 Å². The zero-order chi connectivity index (χ0) is 17.5. The van der Waals surface area contributed by atoms with Crippen LogP contribution in [0.3, 0.4) is 0 Å². The molecular weight excluding hydrogens is 308 g/mol. The van der Waals surface area contributed by atoms with Gasteiger partial charge in [-0.1, -0.05) is 78.4 Å². The monoisotopic (exact) mass is 328 g/mol. The number of carbonyl (C=O) groups excluding carboxylic acids is 1. The number of benzene rings is 3. The smallest absolute Gasteiger partial charge is 0.185 e. The van der Waals surface area contributed by atoms with Crippen molar-refractivity contribution in [1.82, 2.24) is 0 Å². The van der Waals surface area contributed by atoms with Gasteiger partial charge in [0.1, 0.15) is 12.4 Å². The maximum Gasteiger partial charge on any atom is 0.185 e. The summed E-state index contributed by atoms with van der Waals surface area (Å²) in [5, 5.41) is 0. The molecule has 2 heteroatoms. The van der Waals surface area contributed by atoms with Crippen LogP contribution in [0.5, 0.6) is 5.75 Å². The third-order valence-electron chi connectivity index (χ3n) is 3.89. The average molecular weight is 328 g/mol. The maximum absolute atomic E-state index is 12.1. The third-order valence-corrected chi connectivity index (χ3v) is 3.89.